The van der Waals surface area contributed by atoms with Gasteiger partial charge >= 0.3 is 0 Å². The zero-order valence-corrected chi connectivity index (χ0v) is 13.4. The molecule has 0 atom stereocenters. The van der Waals surface area contributed by atoms with Crippen molar-refractivity contribution >= 4 is 23.2 Å². The number of benzene rings is 1. The van der Waals surface area contributed by atoms with Crippen LogP contribution in [0, 0.1) is 0 Å². The molecule has 1 saturated carbocycles. The smallest absolute Gasteiger partial charge is 0.240 e. The lowest BCUT2D eigenvalue weighted by Crippen LogP contribution is -2.36. The molecule has 1 fully saturated rings. The van der Waals surface area contributed by atoms with Crippen molar-refractivity contribution in [1.82, 2.24) is 5.43 Å². The summed E-state index contributed by atoms with van der Waals surface area (Å²) < 4.78 is 0. The van der Waals surface area contributed by atoms with Crippen LogP contribution >= 0.6 is 0 Å². The molecule has 1 aromatic rings. The van der Waals surface area contributed by atoms with E-state index < -0.39 is 0 Å². The van der Waals surface area contributed by atoms with Gasteiger partial charge in [-0.25, -0.2) is 5.43 Å². The summed E-state index contributed by atoms with van der Waals surface area (Å²) in [6.07, 6.45) is 6.66. The van der Waals surface area contributed by atoms with E-state index in [1.165, 1.54) is 5.56 Å². The number of nitrogens with one attached hydrogen (secondary N) is 1. The van der Waals surface area contributed by atoms with Gasteiger partial charge in [-0.1, -0.05) is 18.2 Å². The highest BCUT2D eigenvalue weighted by molar-refractivity contribution is 5.96. The zero-order chi connectivity index (χ0) is 16.1. The van der Waals surface area contributed by atoms with E-state index in [1.54, 1.807) is 0 Å². The highest BCUT2D eigenvalue weighted by Crippen LogP contribution is 2.27. The fraction of sp³-hybridized carbons (Fsp3) is 0.500. The minimum atomic E-state index is -0.178. The predicted molar refractivity (Wildman–Crippen MR) is 90.4 cm³/mol. The first-order valence-corrected chi connectivity index (χ1v) is 8.46. The first-order valence-electron chi connectivity index (χ1n) is 8.46. The van der Waals surface area contributed by atoms with Crippen molar-refractivity contribution in [2.75, 3.05) is 11.4 Å². The van der Waals surface area contributed by atoms with E-state index >= 15 is 0 Å². The SMILES string of the molecule is O=C(CCC(=O)N1CCCc2ccccc21)NN=C1CCCC1. The van der Waals surface area contributed by atoms with Gasteiger partial charge in [-0.3, -0.25) is 9.59 Å². The van der Waals surface area contributed by atoms with Gasteiger partial charge in [-0.15, -0.1) is 0 Å². The van der Waals surface area contributed by atoms with Crippen LogP contribution in [-0.2, 0) is 16.0 Å². The summed E-state index contributed by atoms with van der Waals surface area (Å²) in [6.45, 7) is 0.736. The van der Waals surface area contributed by atoms with Crippen LogP contribution < -0.4 is 10.3 Å². The van der Waals surface area contributed by atoms with Crippen LogP contribution in [0.3, 0.4) is 0 Å². The molecule has 5 nitrogen and oxygen atoms in total. The predicted octanol–water partition coefficient (Wildman–Crippen LogP) is 2.79. The molecule has 0 radical (unpaired) electrons. The number of nitrogens with zero attached hydrogens (tertiary/aromatic N) is 2. The summed E-state index contributed by atoms with van der Waals surface area (Å²) in [7, 11) is 0. The van der Waals surface area contributed by atoms with Crippen LogP contribution in [0.4, 0.5) is 5.69 Å². The van der Waals surface area contributed by atoms with Gasteiger partial charge in [-0.05, 0) is 50.2 Å². The number of carbonyl (C=O) groups is 2. The molecule has 2 amide bonds. The summed E-state index contributed by atoms with van der Waals surface area (Å²) in [6, 6.07) is 8.01. The van der Waals surface area contributed by atoms with Crippen LogP contribution in [0.1, 0.15) is 50.5 Å². The Morgan fingerprint density at radius 2 is 1.83 bits per heavy atom. The lowest BCUT2D eigenvalue weighted by Gasteiger charge is -2.29. The van der Waals surface area contributed by atoms with Gasteiger partial charge in [0.15, 0.2) is 0 Å². The fourth-order valence-electron chi connectivity index (χ4n) is 3.24. The average Bonchev–Trinajstić information content (AvgIpc) is 3.11. The van der Waals surface area contributed by atoms with E-state index in [2.05, 4.69) is 16.6 Å². The maximum absolute atomic E-state index is 12.4. The Bertz CT molecular complexity index is 616. The number of aryl methyl sites for hydroxylation is 1. The van der Waals surface area contributed by atoms with Crippen LogP contribution in [0.25, 0.3) is 0 Å². The second-order valence-electron chi connectivity index (χ2n) is 6.20. The van der Waals surface area contributed by atoms with Crippen molar-refractivity contribution < 1.29 is 9.59 Å². The maximum atomic E-state index is 12.4. The number of carbonyl (C=O) groups excluding carboxylic acids is 2. The molecular formula is C18H23N3O2. The standard InChI is InChI=1S/C18H23N3O2/c22-17(20-19-15-8-2-3-9-15)11-12-18(23)21-13-5-7-14-6-1-4-10-16(14)21/h1,4,6,10H,2-3,5,7-9,11-13H2,(H,20,22). The van der Waals surface area contributed by atoms with Gasteiger partial charge in [0.05, 0.1) is 0 Å². The molecule has 23 heavy (non-hydrogen) atoms. The Morgan fingerprint density at radius 1 is 1.04 bits per heavy atom. The van der Waals surface area contributed by atoms with E-state index in [0.717, 1.165) is 56.5 Å². The van der Waals surface area contributed by atoms with Crippen molar-refractivity contribution in [1.29, 1.82) is 0 Å². The van der Waals surface area contributed by atoms with Crippen LogP contribution in [0.2, 0.25) is 0 Å². The van der Waals surface area contributed by atoms with E-state index in [4.69, 9.17) is 0 Å². The molecule has 3 rings (SSSR count). The Kier molecular flexibility index (Phi) is 5.05. The largest absolute Gasteiger partial charge is 0.312 e. The van der Waals surface area contributed by atoms with E-state index in [1.807, 2.05) is 23.1 Å². The summed E-state index contributed by atoms with van der Waals surface area (Å²) in [5, 5.41) is 4.14. The molecule has 1 heterocycles. The molecule has 0 bridgehead atoms. The number of hydrogen-bond acceptors (Lipinski definition) is 3. The van der Waals surface area contributed by atoms with Crippen LogP contribution in [0.5, 0.6) is 0 Å². The molecule has 2 aliphatic rings. The molecule has 0 aromatic heterocycles. The van der Waals surface area contributed by atoms with Gasteiger partial charge in [0, 0.05) is 30.8 Å². The Balaban J connectivity index is 1.52. The normalized spacial score (nSPS) is 16.9. The quantitative estimate of drug-likeness (QED) is 0.869. The number of hydrogen-bond donors (Lipinski definition) is 1. The van der Waals surface area contributed by atoms with Gasteiger partial charge in [-0.2, -0.15) is 5.10 Å². The zero-order valence-electron chi connectivity index (χ0n) is 13.4. The third-order valence-electron chi connectivity index (χ3n) is 4.50. The van der Waals surface area contributed by atoms with Crippen molar-refractivity contribution in [2.24, 2.45) is 5.10 Å². The molecule has 0 spiro atoms. The van der Waals surface area contributed by atoms with Crippen molar-refractivity contribution in [3.8, 4) is 0 Å². The first-order chi connectivity index (χ1) is 11.2. The molecule has 1 aromatic carbocycles. The number of amides is 2. The Hall–Kier alpha value is -2.17. The van der Waals surface area contributed by atoms with Crippen molar-refractivity contribution in [3.63, 3.8) is 0 Å². The van der Waals surface area contributed by atoms with Crippen LogP contribution in [-0.4, -0.2) is 24.1 Å². The molecule has 122 valence electrons. The van der Waals surface area contributed by atoms with Gasteiger partial charge in [0.1, 0.15) is 0 Å². The van der Waals surface area contributed by atoms with Gasteiger partial charge < -0.3 is 4.90 Å². The van der Waals surface area contributed by atoms with E-state index in [-0.39, 0.29) is 24.7 Å². The number of para-hydroxylation sites is 1. The fourth-order valence-corrected chi connectivity index (χ4v) is 3.24. The molecule has 0 saturated heterocycles. The highest BCUT2D eigenvalue weighted by atomic mass is 16.2. The summed E-state index contributed by atoms with van der Waals surface area (Å²) in [4.78, 5) is 26.1. The molecule has 1 aliphatic heterocycles. The monoisotopic (exact) mass is 313 g/mol. The molecule has 0 unspecified atom stereocenters. The minimum Gasteiger partial charge on any atom is -0.312 e. The molecule has 1 N–H and O–H groups in total. The first kappa shape index (κ1) is 15.7. The lowest BCUT2D eigenvalue weighted by atomic mass is 10.0. The van der Waals surface area contributed by atoms with Crippen LogP contribution in [0.15, 0.2) is 29.4 Å². The second-order valence-corrected chi connectivity index (χ2v) is 6.20. The number of rotatable bonds is 4. The lowest BCUT2D eigenvalue weighted by molar-refractivity contribution is -0.125. The van der Waals surface area contributed by atoms with E-state index in [9.17, 15) is 9.59 Å². The number of anilines is 1. The number of hydrazone groups is 1. The Morgan fingerprint density at radius 3 is 2.65 bits per heavy atom. The molecule has 5 heteroatoms. The molecule has 1 aliphatic carbocycles. The number of fused-ring (bicyclic) bond motifs is 1. The van der Waals surface area contributed by atoms with Crippen molar-refractivity contribution in [3.05, 3.63) is 29.8 Å². The minimum absolute atomic E-state index is 0.0146. The van der Waals surface area contributed by atoms with Gasteiger partial charge in [0.2, 0.25) is 11.8 Å². The summed E-state index contributed by atoms with van der Waals surface area (Å²) in [5.41, 5.74) is 5.85. The van der Waals surface area contributed by atoms with Crippen molar-refractivity contribution in [2.45, 2.75) is 51.4 Å². The van der Waals surface area contributed by atoms with Gasteiger partial charge in [0.25, 0.3) is 0 Å². The maximum Gasteiger partial charge on any atom is 0.240 e. The third kappa shape index (κ3) is 3.97. The third-order valence-corrected chi connectivity index (χ3v) is 4.50. The second kappa shape index (κ2) is 7.40. The summed E-state index contributed by atoms with van der Waals surface area (Å²) in [5.74, 6) is -0.163. The summed E-state index contributed by atoms with van der Waals surface area (Å²) >= 11 is 0. The average molecular weight is 313 g/mol. The highest BCUT2D eigenvalue weighted by Gasteiger charge is 2.22. The van der Waals surface area contributed by atoms with E-state index in [0.29, 0.717) is 0 Å². The molecular weight excluding hydrogens is 290 g/mol. The Labute approximate surface area is 136 Å². The topological polar surface area (TPSA) is 61.8 Å².